The molecule has 15 heavy (non-hydrogen) atoms. The molecule has 1 saturated carbocycles. The zero-order valence-corrected chi connectivity index (χ0v) is 10.2. The zero-order chi connectivity index (χ0) is 11.1. The van der Waals surface area contributed by atoms with E-state index >= 15 is 0 Å². The Morgan fingerprint density at radius 1 is 1.53 bits per heavy atom. The van der Waals surface area contributed by atoms with Gasteiger partial charge in [0.2, 0.25) is 5.91 Å². The highest BCUT2D eigenvalue weighted by Gasteiger charge is 2.45. The summed E-state index contributed by atoms with van der Waals surface area (Å²) in [5.41, 5.74) is -0.111. The van der Waals surface area contributed by atoms with Crippen molar-refractivity contribution in [3.8, 4) is 0 Å². The average molecular weight is 223 g/mol. The van der Waals surface area contributed by atoms with Crippen LogP contribution in [0.4, 0.5) is 0 Å². The molecule has 0 spiro atoms. The standard InChI is InChI=1S/C12H17NOS/c1-12(2,3)13-11(14)9-7-8(9)10-5-4-6-15-10/h4-6,8-9H,7H2,1-3H3,(H,13,14). The lowest BCUT2D eigenvalue weighted by atomic mass is 10.1. The molecule has 1 heterocycles. The van der Waals surface area contributed by atoms with Gasteiger partial charge in [-0.1, -0.05) is 6.07 Å². The first kappa shape index (κ1) is 10.7. The van der Waals surface area contributed by atoms with E-state index in [-0.39, 0.29) is 17.4 Å². The second kappa shape index (κ2) is 3.63. The van der Waals surface area contributed by atoms with Gasteiger partial charge in [-0.3, -0.25) is 4.79 Å². The minimum Gasteiger partial charge on any atom is -0.351 e. The van der Waals surface area contributed by atoms with Gasteiger partial charge in [-0.05, 0) is 38.6 Å². The van der Waals surface area contributed by atoms with E-state index in [1.165, 1.54) is 4.88 Å². The van der Waals surface area contributed by atoms with Crippen LogP contribution in [0, 0.1) is 5.92 Å². The van der Waals surface area contributed by atoms with Gasteiger partial charge in [0, 0.05) is 22.3 Å². The number of carbonyl (C=O) groups excluding carboxylic acids is 1. The van der Waals surface area contributed by atoms with E-state index in [1.807, 2.05) is 20.8 Å². The van der Waals surface area contributed by atoms with Gasteiger partial charge in [0.05, 0.1) is 0 Å². The molecule has 1 amide bonds. The first-order valence-electron chi connectivity index (χ1n) is 5.33. The number of carbonyl (C=O) groups is 1. The molecular formula is C12H17NOS. The molecule has 2 nitrogen and oxygen atoms in total. The maximum absolute atomic E-state index is 11.8. The summed E-state index contributed by atoms with van der Waals surface area (Å²) >= 11 is 1.75. The Balaban J connectivity index is 1.91. The lowest BCUT2D eigenvalue weighted by Crippen LogP contribution is -2.41. The van der Waals surface area contributed by atoms with Crippen LogP contribution in [0.1, 0.15) is 38.0 Å². The monoisotopic (exact) mass is 223 g/mol. The predicted octanol–water partition coefficient (Wildman–Crippen LogP) is 2.77. The Bertz CT molecular complexity index is 350. The number of rotatable bonds is 2. The summed E-state index contributed by atoms with van der Waals surface area (Å²) in [7, 11) is 0. The number of nitrogens with one attached hydrogen (secondary N) is 1. The van der Waals surface area contributed by atoms with Gasteiger partial charge in [-0.15, -0.1) is 11.3 Å². The summed E-state index contributed by atoms with van der Waals surface area (Å²) in [6, 6.07) is 4.18. The first-order valence-corrected chi connectivity index (χ1v) is 6.21. The van der Waals surface area contributed by atoms with Crippen LogP contribution < -0.4 is 5.32 Å². The molecule has 1 aliphatic rings. The molecule has 0 radical (unpaired) electrons. The molecule has 1 N–H and O–H groups in total. The molecule has 0 bridgehead atoms. The molecule has 3 heteroatoms. The topological polar surface area (TPSA) is 29.1 Å². The van der Waals surface area contributed by atoms with Crippen LogP contribution >= 0.6 is 11.3 Å². The van der Waals surface area contributed by atoms with Crippen molar-refractivity contribution in [1.82, 2.24) is 5.32 Å². The van der Waals surface area contributed by atoms with Gasteiger partial charge in [0.15, 0.2) is 0 Å². The first-order chi connectivity index (χ1) is 6.97. The Hall–Kier alpha value is -0.830. The fraction of sp³-hybridized carbons (Fsp3) is 0.583. The molecule has 2 atom stereocenters. The molecule has 2 unspecified atom stereocenters. The van der Waals surface area contributed by atoms with Crippen LogP contribution in [0.5, 0.6) is 0 Å². The smallest absolute Gasteiger partial charge is 0.224 e. The van der Waals surface area contributed by atoms with Crippen LogP contribution in [0.25, 0.3) is 0 Å². The fourth-order valence-corrected chi connectivity index (χ4v) is 2.67. The largest absolute Gasteiger partial charge is 0.351 e. The summed E-state index contributed by atoms with van der Waals surface area (Å²) in [5, 5.41) is 5.11. The Morgan fingerprint density at radius 2 is 2.27 bits per heavy atom. The number of hydrogen-bond donors (Lipinski definition) is 1. The van der Waals surface area contributed by atoms with Gasteiger partial charge in [0.1, 0.15) is 0 Å². The fourth-order valence-electron chi connectivity index (χ4n) is 1.76. The molecule has 0 saturated heterocycles. The van der Waals surface area contributed by atoms with Crippen molar-refractivity contribution in [3.05, 3.63) is 22.4 Å². The van der Waals surface area contributed by atoms with E-state index in [0.717, 1.165) is 6.42 Å². The molecule has 1 fully saturated rings. The maximum atomic E-state index is 11.8. The highest BCUT2D eigenvalue weighted by Crippen LogP contribution is 2.49. The van der Waals surface area contributed by atoms with Crippen molar-refractivity contribution >= 4 is 17.2 Å². The lowest BCUT2D eigenvalue weighted by molar-refractivity contribution is -0.123. The predicted molar refractivity (Wildman–Crippen MR) is 63.1 cm³/mol. The van der Waals surface area contributed by atoms with E-state index in [4.69, 9.17) is 0 Å². The molecule has 0 aliphatic heterocycles. The van der Waals surface area contributed by atoms with Crippen LogP contribution in [-0.4, -0.2) is 11.4 Å². The lowest BCUT2D eigenvalue weighted by Gasteiger charge is -2.20. The number of thiophene rings is 1. The third-order valence-electron chi connectivity index (χ3n) is 2.53. The van der Waals surface area contributed by atoms with Gasteiger partial charge < -0.3 is 5.32 Å². The Kier molecular flexibility index (Phi) is 2.59. The normalized spacial score (nSPS) is 25.0. The molecule has 1 aromatic heterocycles. The van der Waals surface area contributed by atoms with E-state index in [0.29, 0.717) is 5.92 Å². The van der Waals surface area contributed by atoms with E-state index in [1.54, 1.807) is 11.3 Å². The molecule has 82 valence electrons. The van der Waals surface area contributed by atoms with Crippen molar-refractivity contribution in [3.63, 3.8) is 0 Å². The van der Waals surface area contributed by atoms with Crippen LogP contribution in [-0.2, 0) is 4.79 Å². The zero-order valence-electron chi connectivity index (χ0n) is 9.41. The third-order valence-corrected chi connectivity index (χ3v) is 3.54. The van der Waals surface area contributed by atoms with E-state index < -0.39 is 0 Å². The van der Waals surface area contributed by atoms with Crippen LogP contribution in [0.3, 0.4) is 0 Å². The summed E-state index contributed by atoms with van der Waals surface area (Å²) in [5.74, 6) is 0.899. The summed E-state index contributed by atoms with van der Waals surface area (Å²) in [6.45, 7) is 6.06. The Morgan fingerprint density at radius 3 is 2.80 bits per heavy atom. The van der Waals surface area contributed by atoms with Gasteiger partial charge >= 0.3 is 0 Å². The highest BCUT2D eigenvalue weighted by molar-refractivity contribution is 7.10. The van der Waals surface area contributed by atoms with Crippen molar-refractivity contribution in [2.45, 2.75) is 38.6 Å². The van der Waals surface area contributed by atoms with Crippen LogP contribution in [0.15, 0.2) is 17.5 Å². The minimum absolute atomic E-state index is 0.111. The molecule has 2 rings (SSSR count). The van der Waals surface area contributed by atoms with Crippen molar-refractivity contribution in [2.75, 3.05) is 0 Å². The summed E-state index contributed by atoms with van der Waals surface area (Å²) < 4.78 is 0. The third kappa shape index (κ3) is 2.59. The van der Waals surface area contributed by atoms with Gasteiger partial charge in [0.25, 0.3) is 0 Å². The van der Waals surface area contributed by atoms with Gasteiger partial charge in [-0.2, -0.15) is 0 Å². The molecular weight excluding hydrogens is 206 g/mol. The molecule has 0 aromatic carbocycles. The highest BCUT2D eigenvalue weighted by atomic mass is 32.1. The van der Waals surface area contributed by atoms with E-state index in [2.05, 4.69) is 22.8 Å². The molecule has 1 aromatic rings. The summed E-state index contributed by atoms with van der Waals surface area (Å²) in [6.07, 6.45) is 1.02. The summed E-state index contributed by atoms with van der Waals surface area (Å²) in [4.78, 5) is 13.2. The van der Waals surface area contributed by atoms with Gasteiger partial charge in [-0.25, -0.2) is 0 Å². The van der Waals surface area contributed by atoms with E-state index in [9.17, 15) is 4.79 Å². The van der Waals surface area contributed by atoms with Crippen molar-refractivity contribution < 1.29 is 4.79 Å². The second-order valence-corrected chi connectivity index (χ2v) is 6.18. The SMILES string of the molecule is CC(C)(C)NC(=O)C1CC1c1cccs1. The van der Waals surface area contributed by atoms with Crippen molar-refractivity contribution in [1.29, 1.82) is 0 Å². The van der Waals surface area contributed by atoms with Crippen molar-refractivity contribution in [2.24, 2.45) is 5.92 Å². The quantitative estimate of drug-likeness (QED) is 0.820. The Labute approximate surface area is 94.7 Å². The number of hydrogen-bond acceptors (Lipinski definition) is 2. The molecule has 1 aliphatic carbocycles. The second-order valence-electron chi connectivity index (χ2n) is 5.20. The number of amides is 1. The maximum Gasteiger partial charge on any atom is 0.224 e. The minimum atomic E-state index is -0.111. The van der Waals surface area contributed by atoms with Crippen LogP contribution in [0.2, 0.25) is 0 Å². The average Bonchev–Trinajstić information content (AvgIpc) is 2.71.